The highest BCUT2D eigenvalue weighted by atomic mass is 35.5. The highest BCUT2D eigenvalue weighted by Crippen LogP contribution is 2.48. The molecule has 2 aromatic carbocycles. The van der Waals surface area contributed by atoms with Crippen LogP contribution in [0.25, 0.3) is 22.0 Å². The third-order valence-electron chi connectivity index (χ3n) is 6.91. The molecular weight excluding hydrogens is 560 g/mol. The Hall–Kier alpha value is -3.09. The first-order chi connectivity index (χ1) is 18.5. The molecule has 1 fully saturated rings. The van der Waals surface area contributed by atoms with Crippen LogP contribution in [-0.4, -0.2) is 65.5 Å². The summed E-state index contributed by atoms with van der Waals surface area (Å²) in [6.45, 7) is 4.71. The number of aromatic nitrogens is 2. The number of benzene rings is 2. The van der Waals surface area contributed by atoms with Crippen molar-refractivity contribution in [3.63, 3.8) is 0 Å². The van der Waals surface area contributed by atoms with E-state index < -0.39 is 29.4 Å². The smallest absolute Gasteiger partial charge is 0.379 e. The number of hydrogen-bond donors (Lipinski definition) is 0. The third-order valence-corrected chi connectivity index (χ3v) is 8.43. The zero-order chi connectivity index (χ0) is 28.1. The highest BCUT2D eigenvalue weighted by molar-refractivity contribution is 7.99. The van der Waals surface area contributed by atoms with Crippen molar-refractivity contribution in [2.45, 2.75) is 23.7 Å². The van der Waals surface area contributed by atoms with Crippen LogP contribution in [0.4, 0.5) is 23.4 Å². The van der Waals surface area contributed by atoms with Gasteiger partial charge in [0, 0.05) is 54.9 Å². The maximum absolute atomic E-state index is 14.7. The third kappa shape index (κ3) is 5.01. The quantitative estimate of drug-likeness (QED) is 0.324. The standard InChI is InChI=1S/C26H23ClF4N4O3S/c1-3-20(36)33-6-8-34(9-7-33)24-16-11-17(26(29,30)31)21(14-4-5-19(28)18(27)10-14)23-22(16)35(25(37)32-24)12-15(38-2)13-39-23/h3-5,10-11,15H,1,6-9,12-13H2,2H3. The molecule has 39 heavy (non-hydrogen) atoms. The first-order valence-electron chi connectivity index (χ1n) is 12.0. The van der Waals surface area contributed by atoms with Crippen molar-refractivity contribution in [2.75, 3.05) is 43.9 Å². The molecule has 7 nitrogen and oxygen atoms in total. The van der Waals surface area contributed by atoms with Crippen molar-refractivity contribution < 1.29 is 27.1 Å². The van der Waals surface area contributed by atoms with E-state index >= 15 is 0 Å². The Balaban J connectivity index is 1.80. The number of rotatable bonds is 4. The molecule has 13 heteroatoms. The van der Waals surface area contributed by atoms with Crippen molar-refractivity contribution in [3.05, 3.63) is 63.8 Å². The molecule has 3 heterocycles. The summed E-state index contributed by atoms with van der Waals surface area (Å²) in [7, 11) is 1.47. The lowest BCUT2D eigenvalue weighted by Crippen LogP contribution is -2.49. The van der Waals surface area contributed by atoms with Gasteiger partial charge in [-0.15, -0.1) is 11.8 Å². The van der Waals surface area contributed by atoms with Gasteiger partial charge in [-0.1, -0.05) is 24.2 Å². The summed E-state index contributed by atoms with van der Waals surface area (Å²) in [5.41, 5.74) is -1.41. The Bertz CT molecular complexity index is 1540. The minimum Gasteiger partial charge on any atom is -0.379 e. The van der Waals surface area contributed by atoms with E-state index in [1.807, 2.05) is 0 Å². The maximum Gasteiger partial charge on any atom is 0.417 e. The fraction of sp³-hybridized carbons (Fsp3) is 0.346. The van der Waals surface area contributed by atoms with Crippen LogP contribution in [0, 0.1) is 5.82 Å². The number of halogens is 5. The van der Waals surface area contributed by atoms with Gasteiger partial charge < -0.3 is 14.5 Å². The predicted octanol–water partition coefficient (Wildman–Crippen LogP) is 4.83. The fourth-order valence-corrected chi connectivity index (χ4v) is 6.45. The molecule has 0 N–H and O–H groups in total. The van der Waals surface area contributed by atoms with E-state index in [0.717, 1.165) is 30.0 Å². The summed E-state index contributed by atoms with van der Waals surface area (Å²) < 4.78 is 64.8. The number of thioether (sulfide) groups is 1. The Kier molecular flexibility index (Phi) is 7.38. The van der Waals surface area contributed by atoms with Gasteiger partial charge in [-0.05, 0) is 29.8 Å². The van der Waals surface area contributed by atoms with Crippen LogP contribution in [0.2, 0.25) is 5.02 Å². The van der Waals surface area contributed by atoms with Gasteiger partial charge in [0.2, 0.25) is 5.91 Å². The van der Waals surface area contributed by atoms with Gasteiger partial charge in [-0.3, -0.25) is 9.36 Å². The van der Waals surface area contributed by atoms with E-state index in [0.29, 0.717) is 18.6 Å². The number of ether oxygens (including phenoxy) is 1. The molecule has 1 saturated heterocycles. The summed E-state index contributed by atoms with van der Waals surface area (Å²) >= 11 is 7.11. The summed E-state index contributed by atoms with van der Waals surface area (Å²) in [6.07, 6.45) is -4.06. The molecule has 2 aliphatic rings. The van der Waals surface area contributed by atoms with Gasteiger partial charge in [-0.2, -0.15) is 18.2 Å². The van der Waals surface area contributed by atoms with Crippen molar-refractivity contribution in [2.24, 2.45) is 0 Å². The van der Waals surface area contributed by atoms with Crippen LogP contribution in [0.5, 0.6) is 0 Å². The van der Waals surface area contributed by atoms with E-state index in [4.69, 9.17) is 16.3 Å². The number of methoxy groups -OCH3 is 1. The van der Waals surface area contributed by atoms with Crippen LogP contribution in [-0.2, 0) is 22.3 Å². The molecule has 1 aromatic heterocycles. The maximum atomic E-state index is 14.7. The van der Waals surface area contributed by atoms with Crippen LogP contribution in [0.15, 0.2) is 46.6 Å². The van der Waals surface area contributed by atoms with E-state index in [-0.39, 0.29) is 63.5 Å². The molecule has 206 valence electrons. The number of carbonyl (C=O) groups is 1. The van der Waals surface area contributed by atoms with Gasteiger partial charge in [0.25, 0.3) is 0 Å². The molecule has 5 rings (SSSR count). The number of alkyl halides is 3. The Labute approximate surface area is 230 Å². The van der Waals surface area contributed by atoms with E-state index in [9.17, 15) is 27.2 Å². The SMILES string of the molecule is C=CC(=O)N1CCN(c2nc(=O)n3c4c(c(-c5ccc(F)c(Cl)c5)c(C(F)(F)F)cc24)SCC(OC)C3)CC1. The van der Waals surface area contributed by atoms with Crippen molar-refractivity contribution in [1.82, 2.24) is 14.5 Å². The zero-order valence-corrected chi connectivity index (χ0v) is 22.3. The van der Waals surface area contributed by atoms with Crippen molar-refractivity contribution in [1.29, 1.82) is 0 Å². The molecule has 0 aliphatic carbocycles. The second-order valence-electron chi connectivity index (χ2n) is 9.16. The summed E-state index contributed by atoms with van der Waals surface area (Å²) in [4.78, 5) is 33.1. The molecule has 3 aromatic rings. The Morgan fingerprint density at radius 3 is 2.56 bits per heavy atom. The molecule has 0 saturated carbocycles. The lowest BCUT2D eigenvalue weighted by molar-refractivity contribution is -0.137. The van der Waals surface area contributed by atoms with Crippen LogP contribution in [0.3, 0.4) is 0 Å². The number of piperazine rings is 1. The van der Waals surface area contributed by atoms with Gasteiger partial charge >= 0.3 is 11.9 Å². The van der Waals surface area contributed by atoms with Gasteiger partial charge in [0.15, 0.2) is 0 Å². The van der Waals surface area contributed by atoms with Gasteiger partial charge in [0.1, 0.15) is 11.6 Å². The first-order valence-corrected chi connectivity index (χ1v) is 13.4. The minimum atomic E-state index is -4.79. The molecule has 0 radical (unpaired) electrons. The lowest BCUT2D eigenvalue weighted by atomic mass is 9.96. The van der Waals surface area contributed by atoms with E-state index in [1.54, 1.807) is 9.80 Å². The average molecular weight is 583 g/mol. The topological polar surface area (TPSA) is 67.7 Å². The Morgan fingerprint density at radius 1 is 1.23 bits per heavy atom. The number of nitrogens with zero attached hydrogens (tertiary/aromatic N) is 4. The fourth-order valence-electron chi connectivity index (χ4n) is 4.95. The number of anilines is 1. The van der Waals surface area contributed by atoms with Crippen LogP contribution >= 0.6 is 23.4 Å². The lowest BCUT2D eigenvalue weighted by Gasteiger charge is -2.35. The highest BCUT2D eigenvalue weighted by Gasteiger charge is 2.38. The van der Waals surface area contributed by atoms with Crippen LogP contribution in [0.1, 0.15) is 5.56 Å². The second-order valence-corrected chi connectivity index (χ2v) is 10.6. The van der Waals surface area contributed by atoms with E-state index in [1.165, 1.54) is 23.8 Å². The zero-order valence-electron chi connectivity index (χ0n) is 20.7. The predicted molar refractivity (Wildman–Crippen MR) is 142 cm³/mol. The number of amides is 1. The average Bonchev–Trinajstić information content (AvgIpc) is 3.12. The summed E-state index contributed by atoms with van der Waals surface area (Å²) in [5, 5.41) is -0.164. The molecule has 2 aliphatic heterocycles. The number of hydrogen-bond acceptors (Lipinski definition) is 6. The van der Waals surface area contributed by atoms with Gasteiger partial charge in [0.05, 0.1) is 28.8 Å². The largest absolute Gasteiger partial charge is 0.417 e. The molecule has 0 bridgehead atoms. The van der Waals surface area contributed by atoms with Crippen molar-refractivity contribution in [3.8, 4) is 11.1 Å². The molecular formula is C26H23ClF4N4O3S. The number of carbonyl (C=O) groups excluding carboxylic acids is 1. The first kappa shape index (κ1) is 27.5. The summed E-state index contributed by atoms with van der Waals surface area (Å²) in [5.74, 6) is -0.623. The Morgan fingerprint density at radius 2 is 1.95 bits per heavy atom. The summed E-state index contributed by atoms with van der Waals surface area (Å²) in [6, 6.07) is 4.42. The molecule has 0 spiro atoms. The minimum absolute atomic E-state index is 0.0721. The van der Waals surface area contributed by atoms with Crippen LogP contribution < -0.4 is 10.6 Å². The van der Waals surface area contributed by atoms with Gasteiger partial charge in [-0.25, -0.2) is 9.18 Å². The molecule has 1 atom stereocenters. The van der Waals surface area contributed by atoms with E-state index in [2.05, 4.69) is 11.6 Å². The normalized spacial score (nSPS) is 17.8. The molecule has 1 unspecified atom stereocenters. The van der Waals surface area contributed by atoms with Crippen molar-refractivity contribution >= 4 is 46.0 Å². The second kappa shape index (κ2) is 10.5. The molecule has 1 amide bonds. The monoisotopic (exact) mass is 582 g/mol.